The van der Waals surface area contributed by atoms with Crippen molar-refractivity contribution in [3.05, 3.63) is 118 Å². The molecule has 6 rings (SSSR count). The highest BCUT2D eigenvalue weighted by atomic mass is 16.2. The summed E-state index contributed by atoms with van der Waals surface area (Å²) in [7, 11) is 1.82. The Hall–Kier alpha value is -5.69. The number of benzene rings is 2. The van der Waals surface area contributed by atoms with Gasteiger partial charge >= 0.3 is 0 Å². The number of nitrogens with one attached hydrogen (secondary N) is 1. The zero-order valence-corrected chi connectivity index (χ0v) is 22.7. The van der Waals surface area contributed by atoms with Crippen LogP contribution in [0.1, 0.15) is 45.7 Å². The number of fused-ring (bicyclic) bond motifs is 2. The minimum absolute atomic E-state index is 0.0693. The first-order valence-corrected chi connectivity index (χ1v) is 13.0. The van der Waals surface area contributed by atoms with Gasteiger partial charge in [-0.15, -0.1) is 5.10 Å². The van der Waals surface area contributed by atoms with E-state index >= 15 is 0 Å². The van der Waals surface area contributed by atoms with Gasteiger partial charge in [-0.1, -0.05) is 36.1 Å². The maximum atomic E-state index is 14.3. The molecule has 0 saturated carbocycles. The summed E-state index contributed by atoms with van der Waals surface area (Å²) >= 11 is 0. The maximum Gasteiger partial charge on any atom is 0.264 e. The molecule has 0 bridgehead atoms. The maximum absolute atomic E-state index is 14.3. The number of rotatable bonds is 4. The molecule has 1 unspecified atom stereocenters. The molecule has 0 spiro atoms. The van der Waals surface area contributed by atoms with Crippen LogP contribution in [0, 0.1) is 18.8 Å². The van der Waals surface area contributed by atoms with Crippen molar-refractivity contribution in [2.24, 2.45) is 7.05 Å². The van der Waals surface area contributed by atoms with Crippen LogP contribution in [0.3, 0.4) is 0 Å². The standard InChI is InChI=1S/C31H26N8O2/c1-19-7-4-10-24(15-19)39-25(20(2)35-30(40)27-28(32)36-38-14-6-13-33-29(27)38)16-23-9-5-8-22(26(23)31(39)41)12-11-21-17-34-37(3)18-21/h4-10,13-18,20H,1-3H3,(H2,32,36)(H,35,40). The molecule has 0 aliphatic heterocycles. The van der Waals surface area contributed by atoms with Crippen molar-refractivity contribution in [3.63, 3.8) is 0 Å². The molecule has 10 heteroatoms. The number of pyridine rings is 1. The van der Waals surface area contributed by atoms with Gasteiger partial charge in [0.15, 0.2) is 11.5 Å². The highest BCUT2D eigenvalue weighted by molar-refractivity contribution is 6.04. The Morgan fingerprint density at radius 2 is 1.93 bits per heavy atom. The van der Waals surface area contributed by atoms with Gasteiger partial charge in [0.05, 0.1) is 23.2 Å². The van der Waals surface area contributed by atoms with Crippen molar-refractivity contribution in [1.29, 1.82) is 0 Å². The van der Waals surface area contributed by atoms with E-state index < -0.39 is 11.9 Å². The molecule has 4 heterocycles. The summed E-state index contributed by atoms with van der Waals surface area (Å²) in [6, 6.07) is 16.3. The number of carbonyl (C=O) groups excluding carboxylic acids is 1. The minimum atomic E-state index is -0.580. The fourth-order valence-corrected chi connectivity index (χ4v) is 4.93. The summed E-state index contributed by atoms with van der Waals surface area (Å²) in [4.78, 5) is 32.0. The molecule has 2 aromatic carbocycles. The normalized spacial score (nSPS) is 11.8. The van der Waals surface area contributed by atoms with Crippen LogP contribution >= 0.6 is 0 Å². The molecule has 0 aliphatic rings. The van der Waals surface area contributed by atoms with Gasteiger partial charge in [0.1, 0.15) is 5.56 Å². The Bertz CT molecular complexity index is 2090. The number of carbonyl (C=O) groups is 1. The fourth-order valence-electron chi connectivity index (χ4n) is 4.93. The fraction of sp³-hybridized carbons (Fsp3) is 0.129. The lowest BCUT2D eigenvalue weighted by Gasteiger charge is -2.21. The topological polar surface area (TPSA) is 125 Å². The minimum Gasteiger partial charge on any atom is -0.381 e. The quantitative estimate of drug-likeness (QED) is 0.328. The number of nitrogen functional groups attached to an aromatic ring is 1. The summed E-state index contributed by atoms with van der Waals surface area (Å²) in [5.74, 6) is 5.89. The van der Waals surface area contributed by atoms with E-state index in [4.69, 9.17) is 5.73 Å². The van der Waals surface area contributed by atoms with Gasteiger partial charge in [-0.3, -0.25) is 18.8 Å². The summed E-state index contributed by atoms with van der Waals surface area (Å²) in [6.07, 6.45) is 6.74. The van der Waals surface area contributed by atoms with Crippen LogP contribution in [-0.4, -0.2) is 34.9 Å². The van der Waals surface area contributed by atoms with Crippen molar-refractivity contribution in [1.82, 2.24) is 34.3 Å². The van der Waals surface area contributed by atoms with E-state index in [1.54, 1.807) is 33.9 Å². The van der Waals surface area contributed by atoms with Crippen LogP contribution < -0.4 is 16.6 Å². The third kappa shape index (κ3) is 4.70. The van der Waals surface area contributed by atoms with Gasteiger partial charge in [-0.25, -0.2) is 9.50 Å². The van der Waals surface area contributed by atoms with E-state index in [0.29, 0.717) is 33.4 Å². The second-order valence-electron chi connectivity index (χ2n) is 9.81. The zero-order chi connectivity index (χ0) is 28.7. The molecular formula is C31H26N8O2. The number of amides is 1. The van der Waals surface area contributed by atoms with Gasteiger partial charge in [0, 0.05) is 42.6 Å². The van der Waals surface area contributed by atoms with Crippen LogP contribution in [0.5, 0.6) is 0 Å². The monoisotopic (exact) mass is 542 g/mol. The Morgan fingerprint density at radius 1 is 1.10 bits per heavy atom. The first-order chi connectivity index (χ1) is 19.8. The molecule has 4 aromatic heterocycles. The first-order valence-electron chi connectivity index (χ1n) is 13.0. The summed E-state index contributed by atoms with van der Waals surface area (Å²) in [6.45, 7) is 3.79. The van der Waals surface area contributed by atoms with Crippen molar-refractivity contribution in [3.8, 4) is 17.5 Å². The number of anilines is 1. The molecule has 41 heavy (non-hydrogen) atoms. The number of hydrogen-bond donors (Lipinski definition) is 2. The third-order valence-electron chi connectivity index (χ3n) is 6.82. The third-order valence-corrected chi connectivity index (χ3v) is 6.82. The number of hydrogen-bond acceptors (Lipinski definition) is 6. The molecule has 1 atom stereocenters. The molecule has 0 fully saturated rings. The summed E-state index contributed by atoms with van der Waals surface area (Å²) in [5, 5.41) is 12.6. The predicted octanol–water partition coefficient (Wildman–Crippen LogP) is 3.55. The Kier molecular flexibility index (Phi) is 6.32. The molecule has 10 nitrogen and oxygen atoms in total. The lowest BCUT2D eigenvalue weighted by Crippen LogP contribution is -2.32. The lowest BCUT2D eigenvalue weighted by atomic mass is 10.0. The number of aryl methyl sites for hydroxylation is 2. The Balaban J connectivity index is 1.49. The van der Waals surface area contributed by atoms with E-state index in [2.05, 4.69) is 32.3 Å². The van der Waals surface area contributed by atoms with Crippen molar-refractivity contribution >= 4 is 28.1 Å². The average Bonchev–Trinajstić information content (AvgIpc) is 3.52. The molecule has 202 valence electrons. The second kappa shape index (κ2) is 10.1. The Morgan fingerprint density at radius 3 is 2.71 bits per heavy atom. The van der Waals surface area contributed by atoms with Gasteiger partial charge in [0.2, 0.25) is 0 Å². The SMILES string of the molecule is Cc1cccc(-n2c(C(C)NC(=O)c3c(N)nn4cccnc34)cc3cccc(C#Cc4cnn(C)c4)c3c2=O)c1. The van der Waals surface area contributed by atoms with E-state index in [-0.39, 0.29) is 16.9 Å². The van der Waals surface area contributed by atoms with E-state index in [1.165, 1.54) is 4.52 Å². The molecule has 0 radical (unpaired) electrons. The van der Waals surface area contributed by atoms with Crippen molar-refractivity contribution < 1.29 is 4.79 Å². The molecule has 6 aromatic rings. The van der Waals surface area contributed by atoms with E-state index in [9.17, 15) is 9.59 Å². The first kappa shape index (κ1) is 25.6. The summed E-state index contributed by atoms with van der Waals surface area (Å²) in [5.41, 5.74) is 10.00. The van der Waals surface area contributed by atoms with Gasteiger partial charge < -0.3 is 11.1 Å². The van der Waals surface area contributed by atoms with Crippen LogP contribution in [0.15, 0.2) is 84.2 Å². The molecule has 0 saturated heterocycles. The summed E-state index contributed by atoms with van der Waals surface area (Å²) < 4.78 is 4.77. The van der Waals surface area contributed by atoms with E-state index in [1.807, 2.05) is 75.6 Å². The van der Waals surface area contributed by atoms with Gasteiger partial charge in [0.25, 0.3) is 11.5 Å². The highest BCUT2D eigenvalue weighted by Gasteiger charge is 2.24. The van der Waals surface area contributed by atoms with Gasteiger partial charge in [-0.2, -0.15) is 5.10 Å². The molecular weight excluding hydrogens is 516 g/mol. The van der Waals surface area contributed by atoms with Crippen molar-refractivity contribution in [2.45, 2.75) is 19.9 Å². The van der Waals surface area contributed by atoms with Crippen molar-refractivity contribution in [2.75, 3.05) is 5.73 Å². The predicted molar refractivity (Wildman–Crippen MR) is 157 cm³/mol. The Labute approximate surface area is 235 Å². The lowest BCUT2D eigenvalue weighted by molar-refractivity contribution is 0.0941. The van der Waals surface area contributed by atoms with Crippen LogP contribution in [0.2, 0.25) is 0 Å². The highest BCUT2D eigenvalue weighted by Crippen LogP contribution is 2.25. The van der Waals surface area contributed by atoms with Gasteiger partial charge in [-0.05, 0) is 55.1 Å². The molecule has 1 amide bonds. The van der Waals surface area contributed by atoms with Crippen LogP contribution in [0.25, 0.3) is 22.1 Å². The average molecular weight is 543 g/mol. The number of aromatic nitrogens is 6. The van der Waals surface area contributed by atoms with Crippen LogP contribution in [0.4, 0.5) is 5.82 Å². The largest absolute Gasteiger partial charge is 0.381 e. The second-order valence-corrected chi connectivity index (χ2v) is 9.81. The number of nitrogens with two attached hydrogens (primary N) is 1. The van der Waals surface area contributed by atoms with E-state index in [0.717, 1.165) is 11.1 Å². The van der Waals surface area contributed by atoms with Crippen LogP contribution in [-0.2, 0) is 7.05 Å². The molecule has 0 aliphatic carbocycles. The zero-order valence-electron chi connectivity index (χ0n) is 22.7. The smallest absolute Gasteiger partial charge is 0.264 e. The molecule has 3 N–H and O–H groups in total. The number of nitrogens with zero attached hydrogens (tertiary/aromatic N) is 6.